The molecule has 0 saturated carbocycles. The third-order valence-corrected chi connectivity index (χ3v) is 3.13. The van der Waals surface area contributed by atoms with Gasteiger partial charge in [0.15, 0.2) is 0 Å². The zero-order chi connectivity index (χ0) is 11.7. The largest absolute Gasteiger partial charge is 0.268 e. The van der Waals surface area contributed by atoms with E-state index in [9.17, 15) is 0 Å². The molecule has 0 saturated heterocycles. The van der Waals surface area contributed by atoms with Crippen LogP contribution in [0, 0.1) is 0 Å². The van der Waals surface area contributed by atoms with Gasteiger partial charge in [0.05, 0.1) is 16.9 Å². The van der Waals surface area contributed by atoms with Crippen molar-refractivity contribution in [2.45, 2.75) is 13.3 Å². The number of aromatic nitrogens is 2. The number of halogens is 2. The van der Waals surface area contributed by atoms with E-state index in [0.29, 0.717) is 10.0 Å². The van der Waals surface area contributed by atoms with E-state index in [4.69, 9.17) is 23.2 Å². The van der Waals surface area contributed by atoms with Gasteiger partial charge in [0.1, 0.15) is 0 Å². The Bertz CT molecular complexity index is 518. The highest BCUT2D eigenvalue weighted by Crippen LogP contribution is 2.32. The Labute approximate surface area is 105 Å². The summed E-state index contributed by atoms with van der Waals surface area (Å²) in [5, 5.41) is 5.56. The van der Waals surface area contributed by atoms with Crippen molar-refractivity contribution < 1.29 is 0 Å². The molecule has 0 aliphatic carbocycles. The molecule has 1 aromatic heterocycles. The molecule has 0 N–H and O–H groups in total. The zero-order valence-corrected chi connectivity index (χ0v) is 10.7. The summed E-state index contributed by atoms with van der Waals surface area (Å²) in [7, 11) is 1.92. The lowest BCUT2D eigenvalue weighted by Gasteiger charge is -2.07. The summed E-state index contributed by atoms with van der Waals surface area (Å²) in [5.41, 5.74) is 3.22. The van der Waals surface area contributed by atoms with Crippen molar-refractivity contribution in [1.82, 2.24) is 9.78 Å². The lowest BCUT2D eigenvalue weighted by Crippen LogP contribution is -1.95. The lowest BCUT2D eigenvalue weighted by atomic mass is 10.1. The van der Waals surface area contributed by atoms with Gasteiger partial charge in [-0.15, -0.1) is 0 Å². The van der Waals surface area contributed by atoms with Crippen LogP contribution in [0.3, 0.4) is 0 Å². The molecule has 0 unspecified atom stereocenters. The molecule has 0 amide bonds. The van der Waals surface area contributed by atoms with E-state index in [1.807, 2.05) is 30.1 Å². The minimum atomic E-state index is 0.647. The summed E-state index contributed by atoms with van der Waals surface area (Å²) in [6.07, 6.45) is 2.81. The van der Waals surface area contributed by atoms with Gasteiger partial charge in [-0.25, -0.2) is 0 Å². The highest BCUT2D eigenvalue weighted by molar-refractivity contribution is 6.36. The van der Waals surface area contributed by atoms with Gasteiger partial charge in [-0.2, -0.15) is 5.10 Å². The normalized spacial score (nSPS) is 10.8. The summed E-state index contributed by atoms with van der Waals surface area (Å²) in [6.45, 7) is 2.10. The number of benzene rings is 1. The van der Waals surface area contributed by atoms with E-state index >= 15 is 0 Å². The average Bonchev–Trinajstić information content (AvgIpc) is 2.60. The lowest BCUT2D eigenvalue weighted by molar-refractivity contribution is 0.775. The Balaban J connectivity index is 2.62. The molecule has 0 bridgehead atoms. The second-order valence-electron chi connectivity index (χ2n) is 3.62. The van der Waals surface area contributed by atoms with E-state index in [0.717, 1.165) is 17.7 Å². The number of nitrogens with zero attached hydrogens (tertiary/aromatic N) is 2. The first-order valence-corrected chi connectivity index (χ1v) is 5.85. The van der Waals surface area contributed by atoms with Gasteiger partial charge >= 0.3 is 0 Å². The molecule has 2 rings (SSSR count). The predicted octanol–water partition coefficient (Wildman–Crippen LogP) is 3.96. The zero-order valence-electron chi connectivity index (χ0n) is 9.17. The molecule has 1 heterocycles. The third-order valence-electron chi connectivity index (χ3n) is 2.58. The van der Waals surface area contributed by atoms with Crippen molar-refractivity contribution >= 4 is 23.2 Å². The van der Waals surface area contributed by atoms with Crippen LogP contribution in [0.1, 0.15) is 12.5 Å². The average molecular weight is 255 g/mol. The van der Waals surface area contributed by atoms with Gasteiger partial charge in [0.2, 0.25) is 0 Å². The maximum Gasteiger partial charge on any atom is 0.0725 e. The summed E-state index contributed by atoms with van der Waals surface area (Å²) >= 11 is 12.1. The van der Waals surface area contributed by atoms with Gasteiger partial charge in [0.25, 0.3) is 0 Å². The molecular formula is C12H12Cl2N2. The maximum absolute atomic E-state index is 6.20. The number of hydrogen-bond donors (Lipinski definition) is 0. The number of rotatable bonds is 2. The first-order chi connectivity index (χ1) is 7.63. The van der Waals surface area contributed by atoms with Gasteiger partial charge < -0.3 is 0 Å². The first-order valence-electron chi connectivity index (χ1n) is 5.09. The monoisotopic (exact) mass is 254 g/mol. The fourth-order valence-corrected chi connectivity index (χ4v) is 2.27. The van der Waals surface area contributed by atoms with Crippen molar-refractivity contribution in [3.8, 4) is 11.3 Å². The van der Waals surface area contributed by atoms with Gasteiger partial charge in [0, 0.05) is 17.6 Å². The van der Waals surface area contributed by atoms with Crippen LogP contribution >= 0.6 is 23.2 Å². The van der Waals surface area contributed by atoms with Gasteiger partial charge in [-0.05, 0) is 30.2 Å². The second kappa shape index (κ2) is 4.48. The molecule has 2 nitrogen and oxygen atoms in total. The molecular weight excluding hydrogens is 243 g/mol. The van der Waals surface area contributed by atoms with E-state index in [1.165, 1.54) is 5.56 Å². The van der Waals surface area contributed by atoms with Crippen LogP contribution in [0.4, 0.5) is 0 Å². The van der Waals surface area contributed by atoms with Crippen molar-refractivity contribution in [3.05, 3.63) is 40.0 Å². The van der Waals surface area contributed by atoms with Crippen LogP contribution in [0.15, 0.2) is 24.4 Å². The van der Waals surface area contributed by atoms with Crippen LogP contribution in [0.5, 0.6) is 0 Å². The molecule has 16 heavy (non-hydrogen) atoms. The van der Waals surface area contributed by atoms with E-state index in [1.54, 1.807) is 6.07 Å². The molecule has 84 valence electrons. The smallest absolute Gasteiger partial charge is 0.0725 e. The van der Waals surface area contributed by atoms with Crippen molar-refractivity contribution in [1.29, 1.82) is 0 Å². The minimum absolute atomic E-state index is 0.647. The molecule has 0 aliphatic heterocycles. The van der Waals surface area contributed by atoms with E-state index in [2.05, 4.69) is 12.0 Å². The molecule has 0 fully saturated rings. The van der Waals surface area contributed by atoms with Crippen LogP contribution in [0.2, 0.25) is 10.0 Å². The molecule has 0 spiro atoms. The summed E-state index contributed by atoms with van der Waals surface area (Å²) in [6, 6.07) is 5.53. The van der Waals surface area contributed by atoms with Crippen molar-refractivity contribution in [2.24, 2.45) is 7.05 Å². The topological polar surface area (TPSA) is 17.8 Å². The quantitative estimate of drug-likeness (QED) is 0.794. The molecule has 4 heteroatoms. The SMILES string of the molecule is CCc1cnn(C)c1-c1ccc(Cl)cc1Cl. The van der Waals surface area contributed by atoms with Crippen molar-refractivity contribution in [2.75, 3.05) is 0 Å². The summed E-state index contributed by atoms with van der Waals surface area (Å²) in [5.74, 6) is 0. The molecule has 0 radical (unpaired) electrons. The van der Waals surface area contributed by atoms with Crippen LogP contribution in [-0.4, -0.2) is 9.78 Å². The predicted molar refractivity (Wildman–Crippen MR) is 68.0 cm³/mol. The molecule has 1 aromatic carbocycles. The summed E-state index contributed by atoms with van der Waals surface area (Å²) in [4.78, 5) is 0. The Morgan fingerprint density at radius 1 is 1.31 bits per heavy atom. The minimum Gasteiger partial charge on any atom is -0.268 e. The molecule has 0 atom stereocenters. The van der Waals surface area contributed by atoms with Crippen molar-refractivity contribution in [3.63, 3.8) is 0 Å². The Morgan fingerprint density at radius 2 is 2.06 bits per heavy atom. The Kier molecular flexibility index (Phi) is 3.22. The fraction of sp³-hybridized carbons (Fsp3) is 0.250. The Hall–Kier alpha value is -0.990. The Morgan fingerprint density at radius 3 is 2.69 bits per heavy atom. The van der Waals surface area contributed by atoms with E-state index < -0.39 is 0 Å². The standard InChI is InChI=1S/C12H12Cl2N2/c1-3-8-7-15-16(2)12(8)10-5-4-9(13)6-11(10)14/h4-7H,3H2,1-2H3. The van der Waals surface area contributed by atoms with Gasteiger partial charge in [-0.3, -0.25) is 4.68 Å². The first kappa shape index (κ1) is 11.5. The molecule has 0 aliphatic rings. The van der Waals surface area contributed by atoms with Crippen LogP contribution in [0.25, 0.3) is 11.3 Å². The maximum atomic E-state index is 6.20. The number of hydrogen-bond acceptors (Lipinski definition) is 1. The highest BCUT2D eigenvalue weighted by Gasteiger charge is 2.12. The van der Waals surface area contributed by atoms with Crippen LogP contribution in [-0.2, 0) is 13.5 Å². The highest BCUT2D eigenvalue weighted by atomic mass is 35.5. The van der Waals surface area contributed by atoms with Gasteiger partial charge in [-0.1, -0.05) is 30.1 Å². The number of aryl methyl sites for hydroxylation is 2. The molecule has 2 aromatic rings. The fourth-order valence-electron chi connectivity index (χ4n) is 1.77. The summed E-state index contributed by atoms with van der Waals surface area (Å²) < 4.78 is 1.84. The second-order valence-corrected chi connectivity index (χ2v) is 4.46. The van der Waals surface area contributed by atoms with E-state index in [-0.39, 0.29) is 0 Å². The van der Waals surface area contributed by atoms with Crippen LogP contribution < -0.4 is 0 Å². The third kappa shape index (κ3) is 1.95.